The Balaban J connectivity index is 1.94. The normalized spacial score (nSPS) is 24.7. The molecule has 0 radical (unpaired) electrons. The van der Waals surface area contributed by atoms with Gasteiger partial charge >= 0.3 is 0 Å². The monoisotopic (exact) mass is 444 g/mol. The predicted molar refractivity (Wildman–Crippen MR) is 118 cm³/mol. The molecule has 0 saturated carbocycles. The predicted octanol–water partition coefficient (Wildman–Crippen LogP) is 8.02. The number of hydrogen-bond donors (Lipinski definition) is 0. The van der Waals surface area contributed by atoms with Gasteiger partial charge < -0.3 is 0 Å². The average molecular weight is 446 g/mol. The fourth-order valence-corrected chi connectivity index (χ4v) is 7.48. The lowest BCUT2D eigenvalue weighted by atomic mass is 9.47. The SMILES string of the molecule is CC1(C)Cc2cccc3c2[C@@]12c1ccccc1[C@@H]3c1c(Cl)c(Cl)c(Cl)c(Cl)c12. The van der Waals surface area contributed by atoms with E-state index in [1.807, 2.05) is 0 Å². The summed E-state index contributed by atoms with van der Waals surface area (Å²) in [6.45, 7) is 4.66. The fourth-order valence-electron chi connectivity index (χ4n) is 6.36. The molecule has 2 atom stereocenters. The van der Waals surface area contributed by atoms with Crippen LogP contribution in [0.4, 0.5) is 0 Å². The Morgan fingerprint density at radius 1 is 0.750 bits per heavy atom. The van der Waals surface area contributed by atoms with Gasteiger partial charge in [-0.25, -0.2) is 0 Å². The van der Waals surface area contributed by atoms with E-state index in [4.69, 9.17) is 46.4 Å². The zero-order valence-electron chi connectivity index (χ0n) is 15.3. The molecule has 28 heavy (non-hydrogen) atoms. The van der Waals surface area contributed by atoms with Crippen molar-refractivity contribution < 1.29 is 0 Å². The van der Waals surface area contributed by atoms with Crippen molar-refractivity contribution in [3.05, 3.63) is 101 Å². The molecule has 0 aromatic heterocycles. The lowest BCUT2D eigenvalue weighted by molar-refractivity contribution is 0.255. The second-order valence-electron chi connectivity index (χ2n) is 8.76. The molecular weight excluding hydrogens is 430 g/mol. The van der Waals surface area contributed by atoms with E-state index in [9.17, 15) is 0 Å². The van der Waals surface area contributed by atoms with Gasteiger partial charge in [0.2, 0.25) is 0 Å². The Hall–Kier alpha value is -1.18. The molecule has 0 heterocycles. The Labute approximate surface area is 184 Å². The third-order valence-corrected chi connectivity index (χ3v) is 8.98. The van der Waals surface area contributed by atoms with Crippen LogP contribution in [0.25, 0.3) is 0 Å². The van der Waals surface area contributed by atoms with Crippen LogP contribution in [0.3, 0.4) is 0 Å². The lowest BCUT2D eigenvalue weighted by Crippen LogP contribution is -2.49. The molecule has 0 aliphatic heterocycles. The van der Waals surface area contributed by atoms with E-state index in [0.717, 1.165) is 17.5 Å². The quantitative estimate of drug-likeness (QED) is 0.242. The smallest absolute Gasteiger partial charge is 0.0797 e. The van der Waals surface area contributed by atoms with E-state index in [1.165, 1.54) is 27.8 Å². The molecule has 7 rings (SSSR count). The highest BCUT2D eigenvalue weighted by Gasteiger charge is 2.64. The minimum atomic E-state index is -0.380. The van der Waals surface area contributed by atoms with Crippen LogP contribution in [0.1, 0.15) is 58.7 Å². The van der Waals surface area contributed by atoms with Crippen molar-refractivity contribution in [3.8, 4) is 0 Å². The summed E-state index contributed by atoms with van der Waals surface area (Å²) in [6.07, 6.45) is 0.977. The van der Waals surface area contributed by atoms with E-state index in [0.29, 0.717) is 20.1 Å². The van der Waals surface area contributed by atoms with Gasteiger partial charge in [-0.3, -0.25) is 0 Å². The highest BCUT2D eigenvalue weighted by atomic mass is 35.5. The van der Waals surface area contributed by atoms with Gasteiger partial charge in [0.05, 0.1) is 25.5 Å². The maximum absolute atomic E-state index is 6.96. The Morgan fingerprint density at radius 3 is 2.21 bits per heavy atom. The van der Waals surface area contributed by atoms with E-state index in [-0.39, 0.29) is 16.7 Å². The average Bonchev–Trinajstić information content (AvgIpc) is 2.93. The van der Waals surface area contributed by atoms with Crippen LogP contribution in [0, 0.1) is 5.41 Å². The molecule has 0 unspecified atom stereocenters. The Bertz CT molecular complexity index is 1220. The first-order valence-electron chi connectivity index (χ1n) is 9.40. The summed E-state index contributed by atoms with van der Waals surface area (Å²) in [7, 11) is 0. The highest BCUT2D eigenvalue weighted by molar-refractivity contribution is 6.52. The van der Waals surface area contributed by atoms with Crippen LogP contribution in [0.2, 0.25) is 20.1 Å². The van der Waals surface area contributed by atoms with E-state index in [1.54, 1.807) is 0 Å². The van der Waals surface area contributed by atoms with Crippen molar-refractivity contribution in [1.82, 2.24) is 0 Å². The first-order valence-corrected chi connectivity index (χ1v) is 10.9. The van der Waals surface area contributed by atoms with Gasteiger partial charge in [-0.15, -0.1) is 0 Å². The summed E-state index contributed by atoms with van der Waals surface area (Å²) in [5, 5.41) is 1.78. The van der Waals surface area contributed by atoms with Gasteiger partial charge in [-0.2, -0.15) is 0 Å². The van der Waals surface area contributed by atoms with Gasteiger partial charge in [0.1, 0.15) is 0 Å². The van der Waals surface area contributed by atoms with Gasteiger partial charge in [0.15, 0.2) is 0 Å². The molecule has 1 spiro atoms. The fraction of sp³-hybridized carbons (Fsp3) is 0.250. The van der Waals surface area contributed by atoms with Crippen molar-refractivity contribution in [2.45, 2.75) is 31.6 Å². The summed E-state index contributed by atoms with van der Waals surface area (Å²) < 4.78 is 0. The molecule has 0 saturated heterocycles. The molecule has 2 bridgehead atoms. The van der Waals surface area contributed by atoms with Crippen LogP contribution in [-0.2, 0) is 11.8 Å². The molecule has 4 aliphatic carbocycles. The molecule has 3 aromatic rings. The number of benzene rings is 3. The second-order valence-corrected chi connectivity index (χ2v) is 10.3. The van der Waals surface area contributed by atoms with Crippen LogP contribution >= 0.6 is 46.4 Å². The topological polar surface area (TPSA) is 0 Å². The van der Waals surface area contributed by atoms with Gasteiger partial charge in [0.25, 0.3) is 0 Å². The molecule has 0 fully saturated rings. The molecule has 0 amide bonds. The minimum absolute atomic E-state index is 0.0247. The molecule has 3 aromatic carbocycles. The second kappa shape index (κ2) is 5.29. The van der Waals surface area contributed by atoms with Gasteiger partial charge in [-0.05, 0) is 50.8 Å². The number of rotatable bonds is 0. The molecule has 0 N–H and O–H groups in total. The molecular formula is C24H16Cl4. The van der Waals surface area contributed by atoms with Crippen LogP contribution in [0.15, 0.2) is 42.5 Å². The van der Waals surface area contributed by atoms with E-state index in [2.05, 4.69) is 56.3 Å². The third-order valence-electron chi connectivity index (χ3n) is 7.16. The minimum Gasteiger partial charge on any atom is -0.0823 e. The van der Waals surface area contributed by atoms with Crippen molar-refractivity contribution in [3.63, 3.8) is 0 Å². The molecule has 140 valence electrons. The van der Waals surface area contributed by atoms with Crippen LogP contribution in [-0.4, -0.2) is 0 Å². The summed E-state index contributed by atoms with van der Waals surface area (Å²) in [4.78, 5) is 0. The van der Waals surface area contributed by atoms with Crippen molar-refractivity contribution >= 4 is 46.4 Å². The van der Waals surface area contributed by atoms with Crippen LogP contribution < -0.4 is 0 Å². The zero-order valence-corrected chi connectivity index (χ0v) is 18.4. The van der Waals surface area contributed by atoms with Gasteiger partial charge in [0, 0.05) is 5.92 Å². The van der Waals surface area contributed by atoms with Crippen molar-refractivity contribution in [2.24, 2.45) is 5.41 Å². The van der Waals surface area contributed by atoms with E-state index < -0.39 is 0 Å². The standard InChI is InChI=1S/C24H16Cl4/c1-23(2)10-11-6-5-8-13-15-12-7-3-4-9-14(12)24(23,17(11)13)18-16(15)19(25)21(27)22(28)20(18)26/h3-9,15H,10H2,1-2H3/t15-,24+/m0/s1. The number of halogens is 4. The summed E-state index contributed by atoms with van der Waals surface area (Å²) in [5.41, 5.74) is 8.35. The summed E-state index contributed by atoms with van der Waals surface area (Å²) in [5.74, 6) is 0.0247. The van der Waals surface area contributed by atoms with Crippen LogP contribution in [0.5, 0.6) is 0 Å². The summed E-state index contributed by atoms with van der Waals surface area (Å²) in [6, 6.07) is 15.4. The third kappa shape index (κ3) is 1.67. The van der Waals surface area contributed by atoms with Crippen molar-refractivity contribution in [2.75, 3.05) is 0 Å². The molecule has 4 heteroatoms. The Kier molecular flexibility index (Phi) is 3.34. The lowest BCUT2D eigenvalue weighted by Gasteiger charge is -2.55. The van der Waals surface area contributed by atoms with Gasteiger partial charge in [-0.1, -0.05) is 103 Å². The maximum atomic E-state index is 6.96. The molecule has 4 aliphatic rings. The largest absolute Gasteiger partial charge is 0.0823 e. The summed E-state index contributed by atoms with van der Waals surface area (Å²) >= 11 is 27.0. The van der Waals surface area contributed by atoms with Crippen molar-refractivity contribution in [1.29, 1.82) is 0 Å². The molecule has 0 nitrogen and oxygen atoms in total. The first kappa shape index (κ1) is 17.7. The number of hydrogen-bond acceptors (Lipinski definition) is 0. The highest BCUT2D eigenvalue weighted by Crippen LogP contribution is 2.72. The maximum Gasteiger partial charge on any atom is 0.0797 e. The van der Waals surface area contributed by atoms with E-state index >= 15 is 0 Å². The zero-order chi connectivity index (χ0) is 19.6. The Morgan fingerprint density at radius 2 is 1.43 bits per heavy atom. The first-order chi connectivity index (χ1) is 13.3.